The van der Waals surface area contributed by atoms with Crippen molar-refractivity contribution in [3.05, 3.63) is 29.8 Å². The number of carboxylic acids is 1. The van der Waals surface area contributed by atoms with E-state index >= 15 is 0 Å². The minimum Gasteiger partial charge on any atom is -0.481 e. The molecule has 1 aromatic carbocycles. The van der Waals surface area contributed by atoms with E-state index < -0.39 is 17.8 Å². The van der Waals surface area contributed by atoms with Gasteiger partial charge in [-0.25, -0.2) is 0 Å². The molecule has 19 heavy (non-hydrogen) atoms. The maximum Gasteiger partial charge on any atom is 0.308 e. The van der Waals surface area contributed by atoms with Gasteiger partial charge in [-0.05, 0) is 18.6 Å². The summed E-state index contributed by atoms with van der Waals surface area (Å²) in [7, 11) is 0. The lowest BCUT2D eigenvalue weighted by molar-refractivity contribution is -0.137. The Bertz CT molecular complexity index is 484. The SMILES string of the molecule is CC(=O)Oc1ccccc1C(=O)NCCCC(=O)O. The summed E-state index contributed by atoms with van der Waals surface area (Å²) in [4.78, 5) is 33.1. The lowest BCUT2D eigenvalue weighted by Gasteiger charge is -2.09. The van der Waals surface area contributed by atoms with Crippen LogP contribution in [0, 0.1) is 0 Å². The molecule has 0 unspecified atom stereocenters. The molecule has 0 heterocycles. The van der Waals surface area contributed by atoms with Gasteiger partial charge in [0.25, 0.3) is 5.91 Å². The summed E-state index contributed by atoms with van der Waals surface area (Å²) in [5, 5.41) is 11.0. The largest absolute Gasteiger partial charge is 0.481 e. The molecule has 1 amide bonds. The number of nitrogens with one attached hydrogen (secondary N) is 1. The highest BCUT2D eigenvalue weighted by Gasteiger charge is 2.12. The van der Waals surface area contributed by atoms with Crippen molar-refractivity contribution in [3.8, 4) is 5.75 Å². The summed E-state index contributed by atoms with van der Waals surface area (Å²) in [6.07, 6.45) is 0.336. The number of ether oxygens (including phenoxy) is 1. The maximum atomic E-state index is 11.8. The van der Waals surface area contributed by atoms with Crippen molar-refractivity contribution in [2.45, 2.75) is 19.8 Å². The van der Waals surface area contributed by atoms with Crippen molar-refractivity contribution in [2.75, 3.05) is 6.54 Å². The van der Waals surface area contributed by atoms with Gasteiger partial charge in [0.2, 0.25) is 0 Å². The smallest absolute Gasteiger partial charge is 0.308 e. The van der Waals surface area contributed by atoms with Gasteiger partial charge >= 0.3 is 11.9 Å². The first-order chi connectivity index (χ1) is 9.00. The number of esters is 1. The van der Waals surface area contributed by atoms with E-state index in [4.69, 9.17) is 9.84 Å². The molecule has 6 heteroatoms. The van der Waals surface area contributed by atoms with Crippen LogP contribution in [0.2, 0.25) is 0 Å². The van der Waals surface area contributed by atoms with Crippen LogP contribution in [0.1, 0.15) is 30.1 Å². The minimum atomic E-state index is -0.908. The van der Waals surface area contributed by atoms with Crippen molar-refractivity contribution in [3.63, 3.8) is 0 Å². The Morgan fingerprint density at radius 2 is 1.95 bits per heavy atom. The van der Waals surface area contributed by atoms with E-state index in [1.165, 1.54) is 19.1 Å². The summed E-state index contributed by atoms with van der Waals surface area (Å²) in [5.74, 6) is -1.63. The van der Waals surface area contributed by atoms with Gasteiger partial charge in [0.15, 0.2) is 0 Å². The fourth-order valence-electron chi connectivity index (χ4n) is 1.43. The second kappa shape index (κ2) is 7.15. The first kappa shape index (κ1) is 14.7. The minimum absolute atomic E-state index is 0.00806. The number of aliphatic carboxylic acids is 1. The van der Waals surface area contributed by atoms with E-state index in [0.29, 0.717) is 6.42 Å². The number of benzene rings is 1. The average Bonchev–Trinajstić information content (AvgIpc) is 2.34. The summed E-state index contributed by atoms with van der Waals surface area (Å²) < 4.78 is 4.92. The molecule has 0 saturated heterocycles. The van der Waals surface area contributed by atoms with Gasteiger partial charge in [0.1, 0.15) is 5.75 Å². The fourth-order valence-corrected chi connectivity index (χ4v) is 1.43. The molecule has 0 radical (unpaired) electrons. The maximum absolute atomic E-state index is 11.8. The third-order valence-electron chi connectivity index (χ3n) is 2.24. The van der Waals surface area contributed by atoms with Gasteiger partial charge in [-0.15, -0.1) is 0 Å². The Hall–Kier alpha value is -2.37. The second-order valence-corrected chi connectivity index (χ2v) is 3.84. The van der Waals surface area contributed by atoms with Crippen LogP contribution in [-0.4, -0.2) is 29.5 Å². The molecule has 1 aromatic rings. The molecule has 0 aliphatic heterocycles. The Kier molecular flexibility index (Phi) is 5.53. The number of carbonyl (C=O) groups is 3. The summed E-state index contributed by atoms with van der Waals surface area (Å²) in [6.45, 7) is 1.50. The summed E-state index contributed by atoms with van der Waals surface area (Å²) in [5.41, 5.74) is 0.244. The third-order valence-corrected chi connectivity index (χ3v) is 2.24. The number of hydrogen-bond donors (Lipinski definition) is 2. The van der Waals surface area contributed by atoms with Crippen molar-refractivity contribution < 1.29 is 24.2 Å². The van der Waals surface area contributed by atoms with Crippen molar-refractivity contribution in [1.29, 1.82) is 0 Å². The number of para-hydroxylation sites is 1. The molecular formula is C13H15NO5. The quantitative estimate of drug-likeness (QED) is 0.458. The molecule has 1 rings (SSSR count). The second-order valence-electron chi connectivity index (χ2n) is 3.84. The first-order valence-electron chi connectivity index (χ1n) is 5.78. The van der Waals surface area contributed by atoms with Crippen LogP contribution in [0.15, 0.2) is 24.3 Å². The summed E-state index contributed by atoms with van der Waals surface area (Å²) >= 11 is 0. The highest BCUT2D eigenvalue weighted by Crippen LogP contribution is 2.17. The van der Waals surface area contributed by atoms with Gasteiger partial charge < -0.3 is 15.2 Å². The normalized spacial score (nSPS) is 9.74. The Morgan fingerprint density at radius 1 is 1.26 bits per heavy atom. The molecule has 0 spiro atoms. The molecule has 102 valence electrons. The van der Waals surface area contributed by atoms with Gasteiger partial charge in [-0.2, -0.15) is 0 Å². The van der Waals surface area contributed by atoms with Crippen LogP contribution in [0.25, 0.3) is 0 Å². The lowest BCUT2D eigenvalue weighted by atomic mass is 10.2. The zero-order valence-corrected chi connectivity index (χ0v) is 10.5. The first-order valence-corrected chi connectivity index (χ1v) is 5.78. The zero-order valence-electron chi connectivity index (χ0n) is 10.5. The van der Waals surface area contributed by atoms with Crippen molar-refractivity contribution in [1.82, 2.24) is 5.32 Å². The molecule has 0 saturated carbocycles. The number of rotatable bonds is 6. The van der Waals surface area contributed by atoms with Crippen LogP contribution < -0.4 is 10.1 Å². The van der Waals surface area contributed by atoms with Crippen LogP contribution in [0.4, 0.5) is 0 Å². The third kappa shape index (κ3) is 5.20. The van der Waals surface area contributed by atoms with Gasteiger partial charge in [-0.1, -0.05) is 12.1 Å². The molecule has 0 aliphatic rings. The predicted octanol–water partition coefficient (Wildman–Crippen LogP) is 1.21. The standard InChI is InChI=1S/C13H15NO5/c1-9(15)19-11-6-3-2-5-10(11)13(18)14-8-4-7-12(16)17/h2-3,5-6H,4,7-8H2,1H3,(H,14,18)(H,16,17). The van der Waals surface area contributed by atoms with E-state index in [-0.39, 0.29) is 24.3 Å². The fraction of sp³-hybridized carbons (Fsp3) is 0.308. The van der Waals surface area contributed by atoms with Gasteiger partial charge in [0, 0.05) is 19.9 Å². The Balaban J connectivity index is 2.61. The molecule has 0 aromatic heterocycles. The Morgan fingerprint density at radius 3 is 2.58 bits per heavy atom. The number of carbonyl (C=O) groups excluding carboxylic acids is 2. The molecule has 0 atom stereocenters. The Labute approximate surface area is 110 Å². The number of amides is 1. The van der Waals surface area contributed by atoms with Gasteiger partial charge in [0.05, 0.1) is 5.56 Å². The van der Waals surface area contributed by atoms with Crippen LogP contribution in [0.3, 0.4) is 0 Å². The predicted molar refractivity (Wildman–Crippen MR) is 67.0 cm³/mol. The van der Waals surface area contributed by atoms with E-state index in [0.717, 1.165) is 0 Å². The number of hydrogen-bond acceptors (Lipinski definition) is 4. The highest BCUT2D eigenvalue weighted by atomic mass is 16.5. The molecule has 6 nitrogen and oxygen atoms in total. The molecule has 0 bridgehead atoms. The van der Waals surface area contributed by atoms with Crippen LogP contribution in [-0.2, 0) is 9.59 Å². The van der Waals surface area contributed by atoms with Crippen LogP contribution >= 0.6 is 0 Å². The van der Waals surface area contributed by atoms with E-state index in [9.17, 15) is 14.4 Å². The van der Waals surface area contributed by atoms with Crippen molar-refractivity contribution >= 4 is 17.8 Å². The monoisotopic (exact) mass is 265 g/mol. The zero-order chi connectivity index (χ0) is 14.3. The highest BCUT2D eigenvalue weighted by molar-refractivity contribution is 5.97. The van der Waals surface area contributed by atoms with Gasteiger partial charge in [-0.3, -0.25) is 14.4 Å². The average molecular weight is 265 g/mol. The van der Waals surface area contributed by atoms with Crippen molar-refractivity contribution in [2.24, 2.45) is 0 Å². The van der Waals surface area contributed by atoms with E-state index in [2.05, 4.69) is 5.32 Å². The molecule has 2 N–H and O–H groups in total. The molecular weight excluding hydrogens is 250 g/mol. The topological polar surface area (TPSA) is 92.7 Å². The molecule has 0 aliphatic carbocycles. The lowest BCUT2D eigenvalue weighted by Crippen LogP contribution is -2.25. The van der Waals surface area contributed by atoms with E-state index in [1.54, 1.807) is 12.1 Å². The number of carboxylic acid groups (broad SMARTS) is 1. The van der Waals surface area contributed by atoms with Crippen LogP contribution in [0.5, 0.6) is 5.75 Å². The van der Waals surface area contributed by atoms with E-state index in [1.807, 2.05) is 0 Å². The summed E-state index contributed by atoms with van der Waals surface area (Å²) in [6, 6.07) is 6.36. The molecule has 0 fully saturated rings.